The molecule has 0 unspecified atom stereocenters. The summed E-state index contributed by atoms with van der Waals surface area (Å²) in [6, 6.07) is 0. The Bertz CT molecular complexity index is 251. The predicted octanol–water partition coefficient (Wildman–Crippen LogP) is -1.02. The number of nitrogens with zero attached hydrogens (tertiary/aromatic N) is 1. The molecule has 0 aromatic heterocycles. The van der Waals surface area contributed by atoms with Crippen molar-refractivity contribution in [2.75, 3.05) is 26.2 Å². The van der Waals surface area contributed by atoms with Gasteiger partial charge in [0.1, 0.15) is 13.1 Å². The van der Waals surface area contributed by atoms with Crippen molar-refractivity contribution in [1.29, 1.82) is 0 Å². The number of aliphatic carboxylic acids is 2. The third kappa shape index (κ3) is 6.77. The highest BCUT2D eigenvalue weighted by Gasteiger charge is 2.18. The van der Waals surface area contributed by atoms with E-state index < -0.39 is 30.9 Å². The van der Waals surface area contributed by atoms with E-state index in [1.54, 1.807) is 0 Å². The normalized spacial score (nSPS) is 9.81. The van der Waals surface area contributed by atoms with Gasteiger partial charge in [0.15, 0.2) is 0 Å². The molecule has 1 amide bonds. The van der Waals surface area contributed by atoms with Crippen LogP contribution in [0.25, 0.3) is 0 Å². The highest BCUT2D eigenvalue weighted by atomic mass is 16.4. The topological polar surface area (TPSA) is 107 Å². The molecule has 0 spiro atoms. The number of carbonyl (C=O) groups excluding carboxylic acids is 1. The molecule has 0 fully saturated rings. The van der Waals surface area contributed by atoms with E-state index in [0.717, 1.165) is 4.90 Å². The van der Waals surface area contributed by atoms with Gasteiger partial charge in [0.2, 0.25) is 5.91 Å². The van der Waals surface area contributed by atoms with Crippen molar-refractivity contribution in [3.63, 3.8) is 0 Å². The number of amides is 1. The van der Waals surface area contributed by atoms with Gasteiger partial charge >= 0.3 is 11.9 Å². The summed E-state index contributed by atoms with van der Waals surface area (Å²) in [4.78, 5) is 33.1. The van der Waals surface area contributed by atoms with E-state index in [4.69, 9.17) is 10.2 Å². The Labute approximate surface area is 93.0 Å². The lowest BCUT2D eigenvalue weighted by atomic mass is 10.3. The lowest BCUT2D eigenvalue weighted by Gasteiger charge is -2.18. The average molecular weight is 232 g/mol. The zero-order valence-corrected chi connectivity index (χ0v) is 9.10. The summed E-state index contributed by atoms with van der Waals surface area (Å²) >= 11 is 0. The minimum Gasteiger partial charge on any atom is -0.480 e. The standard InChI is InChI=1S/C9H16N2O5/c1-2-10-4-3-7(12)11(5-8(13)14)6-9(15)16/h10H,2-6H2,1H3,(H,13,14)(H,15,16). The van der Waals surface area contributed by atoms with Crippen molar-refractivity contribution in [3.8, 4) is 0 Å². The lowest BCUT2D eigenvalue weighted by molar-refractivity contribution is -0.149. The van der Waals surface area contributed by atoms with E-state index in [1.165, 1.54) is 0 Å². The third-order valence-corrected chi connectivity index (χ3v) is 1.77. The SMILES string of the molecule is CCNCCC(=O)N(CC(=O)O)CC(=O)O. The number of carbonyl (C=O) groups is 3. The molecule has 0 saturated heterocycles. The molecule has 0 aliphatic heterocycles. The van der Waals surface area contributed by atoms with Crippen molar-refractivity contribution in [3.05, 3.63) is 0 Å². The van der Waals surface area contributed by atoms with Crippen LogP contribution in [0.2, 0.25) is 0 Å². The third-order valence-electron chi connectivity index (χ3n) is 1.77. The molecular weight excluding hydrogens is 216 g/mol. The molecule has 0 aromatic rings. The maximum absolute atomic E-state index is 11.4. The molecule has 0 aromatic carbocycles. The number of rotatable bonds is 8. The molecule has 0 saturated carbocycles. The van der Waals surface area contributed by atoms with Gasteiger partial charge < -0.3 is 20.4 Å². The summed E-state index contributed by atoms with van der Waals surface area (Å²) in [5.74, 6) is -2.93. The molecule has 3 N–H and O–H groups in total. The highest BCUT2D eigenvalue weighted by molar-refractivity contribution is 5.85. The Balaban J connectivity index is 4.20. The zero-order valence-electron chi connectivity index (χ0n) is 9.10. The van der Waals surface area contributed by atoms with Crippen molar-refractivity contribution in [2.24, 2.45) is 0 Å². The monoisotopic (exact) mass is 232 g/mol. The number of carboxylic acids is 2. The Morgan fingerprint density at radius 3 is 2.00 bits per heavy atom. The van der Waals surface area contributed by atoms with Gasteiger partial charge in [-0.15, -0.1) is 0 Å². The van der Waals surface area contributed by atoms with Crippen LogP contribution >= 0.6 is 0 Å². The fourth-order valence-electron chi connectivity index (χ4n) is 1.09. The number of carboxylic acid groups (broad SMARTS) is 2. The summed E-state index contributed by atoms with van der Waals surface area (Å²) < 4.78 is 0. The molecule has 92 valence electrons. The van der Waals surface area contributed by atoms with E-state index in [0.29, 0.717) is 13.1 Å². The van der Waals surface area contributed by atoms with Gasteiger partial charge in [0.25, 0.3) is 0 Å². The van der Waals surface area contributed by atoms with E-state index in [1.807, 2.05) is 6.92 Å². The van der Waals surface area contributed by atoms with Crippen LogP contribution in [0.4, 0.5) is 0 Å². The summed E-state index contributed by atoms with van der Waals surface area (Å²) in [5, 5.41) is 19.9. The first kappa shape index (κ1) is 14.4. The van der Waals surface area contributed by atoms with Gasteiger partial charge in [-0.05, 0) is 6.54 Å². The second-order valence-electron chi connectivity index (χ2n) is 3.14. The fourth-order valence-corrected chi connectivity index (χ4v) is 1.09. The van der Waals surface area contributed by atoms with E-state index in [-0.39, 0.29) is 6.42 Å². The maximum Gasteiger partial charge on any atom is 0.323 e. The number of hydrogen-bond donors (Lipinski definition) is 3. The molecule has 0 radical (unpaired) electrons. The van der Waals surface area contributed by atoms with Crippen LogP contribution in [0.15, 0.2) is 0 Å². The quantitative estimate of drug-likeness (QED) is 0.463. The Morgan fingerprint density at radius 1 is 1.12 bits per heavy atom. The van der Waals surface area contributed by atoms with Crippen molar-refractivity contribution >= 4 is 17.8 Å². The van der Waals surface area contributed by atoms with E-state index >= 15 is 0 Å². The zero-order chi connectivity index (χ0) is 12.6. The van der Waals surface area contributed by atoms with Crippen LogP contribution in [0.3, 0.4) is 0 Å². The largest absolute Gasteiger partial charge is 0.480 e. The summed E-state index contributed by atoms with van der Waals surface area (Å²) in [6.45, 7) is 1.81. The first-order chi connectivity index (χ1) is 7.47. The molecule has 0 bridgehead atoms. The van der Waals surface area contributed by atoms with Crippen LogP contribution in [-0.4, -0.2) is 59.1 Å². The highest BCUT2D eigenvalue weighted by Crippen LogP contribution is 1.94. The minimum absolute atomic E-state index is 0.0917. The van der Waals surface area contributed by atoms with Crippen LogP contribution in [-0.2, 0) is 14.4 Å². The van der Waals surface area contributed by atoms with Gasteiger partial charge in [-0.25, -0.2) is 0 Å². The summed E-state index contributed by atoms with van der Waals surface area (Å²) in [6.07, 6.45) is 0.0917. The van der Waals surface area contributed by atoms with E-state index in [9.17, 15) is 14.4 Å². The molecule has 7 heteroatoms. The summed E-state index contributed by atoms with van der Waals surface area (Å²) in [7, 11) is 0. The Morgan fingerprint density at radius 2 is 1.62 bits per heavy atom. The molecule has 16 heavy (non-hydrogen) atoms. The first-order valence-electron chi connectivity index (χ1n) is 4.89. The van der Waals surface area contributed by atoms with Gasteiger partial charge in [-0.3, -0.25) is 14.4 Å². The Hall–Kier alpha value is -1.63. The number of hydrogen-bond acceptors (Lipinski definition) is 4. The molecule has 0 aliphatic rings. The molecule has 7 nitrogen and oxygen atoms in total. The van der Waals surface area contributed by atoms with Gasteiger partial charge in [-0.2, -0.15) is 0 Å². The van der Waals surface area contributed by atoms with Crippen LogP contribution in [0.1, 0.15) is 13.3 Å². The van der Waals surface area contributed by atoms with Gasteiger partial charge in [0.05, 0.1) is 0 Å². The molecule has 0 rings (SSSR count). The second-order valence-corrected chi connectivity index (χ2v) is 3.14. The lowest BCUT2D eigenvalue weighted by Crippen LogP contribution is -2.40. The van der Waals surface area contributed by atoms with E-state index in [2.05, 4.69) is 5.32 Å². The maximum atomic E-state index is 11.4. The van der Waals surface area contributed by atoms with Crippen LogP contribution < -0.4 is 5.32 Å². The second kappa shape index (κ2) is 7.63. The molecule has 0 aliphatic carbocycles. The van der Waals surface area contributed by atoms with Crippen molar-refractivity contribution in [1.82, 2.24) is 10.2 Å². The molecule has 0 heterocycles. The fraction of sp³-hybridized carbons (Fsp3) is 0.667. The van der Waals surface area contributed by atoms with Crippen LogP contribution in [0, 0.1) is 0 Å². The number of nitrogens with one attached hydrogen (secondary N) is 1. The van der Waals surface area contributed by atoms with Crippen molar-refractivity contribution in [2.45, 2.75) is 13.3 Å². The molecular formula is C9H16N2O5. The Kier molecular flexibility index (Phi) is 6.86. The van der Waals surface area contributed by atoms with Gasteiger partial charge in [0, 0.05) is 13.0 Å². The first-order valence-corrected chi connectivity index (χ1v) is 4.89. The van der Waals surface area contributed by atoms with Crippen molar-refractivity contribution < 1.29 is 24.6 Å². The van der Waals surface area contributed by atoms with Gasteiger partial charge in [-0.1, -0.05) is 6.92 Å². The van der Waals surface area contributed by atoms with Crippen LogP contribution in [0.5, 0.6) is 0 Å². The minimum atomic E-state index is -1.22. The average Bonchev–Trinajstić information content (AvgIpc) is 2.15. The predicted molar refractivity (Wildman–Crippen MR) is 55.0 cm³/mol. The summed E-state index contributed by atoms with van der Waals surface area (Å²) in [5.41, 5.74) is 0. The molecule has 0 atom stereocenters. The smallest absolute Gasteiger partial charge is 0.323 e.